The van der Waals surface area contributed by atoms with Gasteiger partial charge < -0.3 is 4.74 Å². The van der Waals surface area contributed by atoms with Gasteiger partial charge in [-0.05, 0) is 38.5 Å². The maximum Gasteiger partial charge on any atom is 0.350 e. The van der Waals surface area contributed by atoms with Crippen molar-refractivity contribution in [3.8, 4) is 10.7 Å². The van der Waals surface area contributed by atoms with Gasteiger partial charge in [-0.25, -0.2) is 19.7 Å². The molecule has 0 radical (unpaired) electrons. The molecule has 3 aromatic rings. The van der Waals surface area contributed by atoms with Crippen LogP contribution >= 0.6 is 34.4 Å². The highest BCUT2D eigenvalue weighted by Gasteiger charge is 2.22. The third kappa shape index (κ3) is 4.23. The van der Waals surface area contributed by atoms with Gasteiger partial charge in [-0.15, -0.1) is 23.1 Å². The molecule has 0 saturated carbocycles. The molecule has 0 fully saturated rings. The third-order valence-corrected chi connectivity index (χ3v) is 6.30. The van der Waals surface area contributed by atoms with Crippen LogP contribution in [-0.2, 0) is 4.74 Å². The Bertz CT molecular complexity index is 1020. The van der Waals surface area contributed by atoms with Gasteiger partial charge in [-0.1, -0.05) is 17.4 Å². The first kappa shape index (κ1) is 20.4. The lowest BCUT2D eigenvalue weighted by atomic mass is 10.2. The van der Waals surface area contributed by atoms with E-state index in [1.165, 1.54) is 11.8 Å². The largest absolute Gasteiger partial charge is 0.462 e. The van der Waals surface area contributed by atoms with Gasteiger partial charge in [0.15, 0.2) is 11.0 Å². The molecule has 0 aliphatic carbocycles. The molecule has 3 heterocycles. The molecule has 7 nitrogen and oxygen atoms in total. The molecule has 28 heavy (non-hydrogen) atoms. The molecule has 0 bridgehead atoms. The Labute approximate surface area is 174 Å². The summed E-state index contributed by atoms with van der Waals surface area (Å²) in [6.07, 6.45) is 1.86. The van der Waals surface area contributed by atoms with Crippen LogP contribution in [0.5, 0.6) is 0 Å². The van der Waals surface area contributed by atoms with Crippen LogP contribution in [0, 0.1) is 13.8 Å². The van der Waals surface area contributed by atoms with E-state index in [1.54, 1.807) is 32.1 Å². The van der Waals surface area contributed by atoms with Crippen molar-refractivity contribution in [3.63, 3.8) is 0 Å². The van der Waals surface area contributed by atoms with E-state index >= 15 is 0 Å². The molecular formula is C18H18N4O3S3. The van der Waals surface area contributed by atoms with Crippen molar-refractivity contribution >= 4 is 51.4 Å². The normalized spacial score (nSPS) is 10.7. The lowest BCUT2D eigenvalue weighted by molar-refractivity contribution is 0.0531. The second-order valence-corrected chi connectivity index (χ2v) is 8.34. The summed E-state index contributed by atoms with van der Waals surface area (Å²) in [6.45, 7) is 5.51. The number of thiophene rings is 1. The quantitative estimate of drug-likeness (QED) is 0.348. The molecule has 0 aromatic carbocycles. The first-order valence-corrected chi connectivity index (χ1v) is 11.3. The number of nitrogens with zero attached hydrogens (tertiary/aromatic N) is 3. The summed E-state index contributed by atoms with van der Waals surface area (Å²) in [5.74, 6) is -0.200. The summed E-state index contributed by atoms with van der Waals surface area (Å²) < 4.78 is 5.01. The highest BCUT2D eigenvalue weighted by molar-refractivity contribution is 7.98. The summed E-state index contributed by atoms with van der Waals surface area (Å²) in [5.41, 5.74) is 1.50. The van der Waals surface area contributed by atoms with Crippen LogP contribution in [0.2, 0.25) is 0 Å². The summed E-state index contributed by atoms with van der Waals surface area (Å²) in [7, 11) is 0. The van der Waals surface area contributed by atoms with Gasteiger partial charge in [-0.2, -0.15) is 0 Å². The Morgan fingerprint density at radius 2 is 2.00 bits per heavy atom. The lowest BCUT2D eigenvalue weighted by Crippen LogP contribution is -2.16. The summed E-state index contributed by atoms with van der Waals surface area (Å²) in [6, 6.07) is 3.88. The molecule has 0 aliphatic heterocycles. The van der Waals surface area contributed by atoms with E-state index in [9.17, 15) is 9.59 Å². The average Bonchev–Trinajstić information content (AvgIpc) is 3.31. The standard InChI is InChI=1S/C18H18N4O3S3/c1-5-25-17(24)13-10(3)20-18(28-13)22-15(23)12-9(2)19-14(21-16(12)26-4)11-7-6-8-27-11/h6-8H,5H2,1-4H3,(H,20,22,23). The number of anilines is 1. The van der Waals surface area contributed by atoms with Gasteiger partial charge in [0, 0.05) is 0 Å². The number of hydrogen-bond donors (Lipinski definition) is 1. The molecule has 1 amide bonds. The van der Waals surface area contributed by atoms with E-state index in [1.807, 2.05) is 23.8 Å². The number of aryl methyl sites for hydroxylation is 2. The number of thiazole rings is 1. The van der Waals surface area contributed by atoms with Gasteiger partial charge in [-0.3, -0.25) is 10.1 Å². The van der Waals surface area contributed by atoms with E-state index in [0.717, 1.165) is 16.2 Å². The molecule has 0 saturated heterocycles. The Morgan fingerprint density at radius 3 is 2.64 bits per heavy atom. The Hall–Kier alpha value is -2.30. The van der Waals surface area contributed by atoms with Crippen molar-refractivity contribution in [2.24, 2.45) is 0 Å². The second-order valence-electron chi connectivity index (χ2n) is 5.60. The number of rotatable bonds is 6. The van der Waals surface area contributed by atoms with Crippen molar-refractivity contribution in [3.05, 3.63) is 39.3 Å². The average molecular weight is 435 g/mol. The zero-order valence-corrected chi connectivity index (χ0v) is 18.2. The fourth-order valence-electron chi connectivity index (χ4n) is 2.47. The van der Waals surface area contributed by atoms with Crippen LogP contribution in [0.1, 0.15) is 38.3 Å². The molecule has 1 N–H and O–H groups in total. The first-order valence-electron chi connectivity index (χ1n) is 8.37. The lowest BCUT2D eigenvalue weighted by Gasteiger charge is -2.10. The maximum absolute atomic E-state index is 12.9. The highest BCUT2D eigenvalue weighted by Crippen LogP contribution is 2.29. The van der Waals surface area contributed by atoms with Gasteiger partial charge in [0.2, 0.25) is 0 Å². The van der Waals surface area contributed by atoms with E-state index < -0.39 is 5.97 Å². The Kier molecular flexibility index (Phi) is 6.42. The number of amides is 1. The van der Waals surface area contributed by atoms with Crippen molar-refractivity contribution in [1.29, 1.82) is 0 Å². The van der Waals surface area contributed by atoms with Gasteiger partial charge in [0.1, 0.15) is 9.90 Å². The molecule has 146 valence electrons. The maximum atomic E-state index is 12.9. The number of carbonyl (C=O) groups excluding carboxylic acids is 2. The number of carbonyl (C=O) groups is 2. The number of thioether (sulfide) groups is 1. The molecular weight excluding hydrogens is 416 g/mol. The minimum atomic E-state index is -0.442. The van der Waals surface area contributed by atoms with Crippen molar-refractivity contribution in [2.45, 2.75) is 25.8 Å². The number of ether oxygens (including phenoxy) is 1. The molecule has 0 spiro atoms. The van der Waals surface area contributed by atoms with E-state index in [-0.39, 0.29) is 12.5 Å². The van der Waals surface area contributed by atoms with E-state index in [2.05, 4.69) is 20.3 Å². The zero-order chi connectivity index (χ0) is 20.3. The monoisotopic (exact) mass is 434 g/mol. The summed E-state index contributed by atoms with van der Waals surface area (Å²) in [5, 5.41) is 5.64. The second kappa shape index (κ2) is 8.80. The molecule has 0 aliphatic rings. The molecule has 3 rings (SSSR count). The van der Waals surface area contributed by atoms with Crippen LogP contribution in [0.25, 0.3) is 10.7 Å². The van der Waals surface area contributed by atoms with E-state index in [0.29, 0.717) is 37.8 Å². The highest BCUT2D eigenvalue weighted by atomic mass is 32.2. The minimum Gasteiger partial charge on any atom is -0.462 e. The summed E-state index contributed by atoms with van der Waals surface area (Å²) in [4.78, 5) is 39.5. The van der Waals surface area contributed by atoms with Gasteiger partial charge in [0.25, 0.3) is 5.91 Å². The SMILES string of the molecule is CCOC(=O)c1sc(NC(=O)c2c(C)nc(-c3cccs3)nc2SC)nc1C. The molecule has 3 aromatic heterocycles. The number of hydrogen-bond acceptors (Lipinski definition) is 9. The van der Waals surface area contributed by atoms with Crippen LogP contribution in [0.3, 0.4) is 0 Å². The fourth-order valence-corrected chi connectivity index (χ4v) is 4.60. The van der Waals surface area contributed by atoms with E-state index in [4.69, 9.17) is 4.74 Å². The van der Waals surface area contributed by atoms with Crippen LogP contribution in [0.15, 0.2) is 22.5 Å². The van der Waals surface area contributed by atoms with Gasteiger partial charge >= 0.3 is 5.97 Å². The van der Waals surface area contributed by atoms with Crippen LogP contribution in [0.4, 0.5) is 5.13 Å². The van der Waals surface area contributed by atoms with Crippen molar-refractivity contribution in [2.75, 3.05) is 18.2 Å². The van der Waals surface area contributed by atoms with Crippen LogP contribution in [-0.4, -0.2) is 39.7 Å². The first-order chi connectivity index (χ1) is 13.4. The Morgan fingerprint density at radius 1 is 1.21 bits per heavy atom. The Balaban J connectivity index is 1.89. The molecule has 0 atom stereocenters. The zero-order valence-electron chi connectivity index (χ0n) is 15.7. The molecule has 10 heteroatoms. The fraction of sp³-hybridized carbons (Fsp3) is 0.278. The van der Waals surface area contributed by atoms with Crippen molar-refractivity contribution < 1.29 is 14.3 Å². The number of esters is 1. The third-order valence-electron chi connectivity index (χ3n) is 3.70. The summed E-state index contributed by atoms with van der Waals surface area (Å²) >= 11 is 4.01. The smallest absolute Gasteiger partial charge is 0.350 e. The van der Waals surface area contributed by atoms with Crippen molar-refractivity contribution in [1.82, 2.24) is 15.0 Å². The predicted octanol–water partition coefficient (Wildman–Crippen LogP) is 4.43. The van der Waals surface area contributed by atoms with Crippen LogP contribution < -0.4 is 5.32 Å². The topological polar surface area (TPSA) is 94.1 Å². The number of aromatic nitrogens is 3. The minimum absolute atomic E-state index is 0.280. The number of nitrogens with one attached hydrogen (secondary N) is 1. The van der Waals surface area contributed by atoms with Gasteiger partial charge in [0.05, 0.1) is 28.4 Å². The predicted molar refractivity (Wildman–Crippen MR) is 113 cm³/mol. The molecule has 0 unspecified atom stereocenters.